The van der Waals surface area contributed by atoms with Gasteiger partial charge in [-0.05, 0) is 42.8 Å². The van der Waals surface area contributed by atoms with E-state index in [2.05, 4.69) is 10.3 Å². The number of hydrogen-bond acceptors (Lipinski definition) is 5. The number of amides is 1. The first-order valence-electron chi connectivity index (χ1n) is 10.5. The van der Waals surface area contributed by atoms with E-state index in [1.807, 2.05) is 24.0 Å². The number of nitrogens with zero attached hydrogens (tertiary/aromatic N) is 2. The van der Waals surface area contributed by atoms with Crippen LogP contribution in [0.1, 0.15) is 21.3 Å². The summed E-state index contributed by atoms with van der Waals surface area (Å²) in [5.41, 5.74) is 1.77. The van der Waals surface area contributed by atoms with Gasteiger partial charge < -0.3 is 14.6 Å². The van der Waals surface area contributed by atoms with Gasteiger partial charge in [0, 0.05) is 36.5 Å². The minimum atomic E-state index is -0.317. The number of halogens is 3. The second-order valence-electron chi connectivity index (χ2n) is 8.00. The van der Waals surface area contributed by atoms with Crippen molar-refractivity contribution in [1.82, 2.24) is 15.2 Å². The maximum Gasteiger partial charge on any atom is 0.274 e. The van der Waals surface area contributed by atoms with Crippen molar-refractivity contribution in [1.29, 1.82) is 0 Å². The van der Waals surface area contributed by atoms with E-state index < -0.39 is 0 Å². The van der Waals surface area contributed by atoms with Crippen LogP contribution in [0.3, 0.4) is 0 Å². The molecule has 0 saturated carbocycles. The SMILES string of the molecule is Cc1nc(C(=O)N2CCNC[C@@H]2Cc2cc3cc(Cl)cc(Cl)c3o2)c(-c2ccc(F)cc2)s1. The molecule has 0 bridgehead atoms. The molecule has 1 aliphatic rings. The van der Waals surface area contributed by atoms with E-state index in [9.17, 15) is 9.18 Å². The number of furan rings is 1. The Morgan fingerprint density at radius 3 is 2.85 bits per heavy atom. The van der Waals surface area contributed by atoms with Gasteiger partial charge in [0.05, 0.1) is 20.9 Å². The number of nitrogens with one attached hydrogen (secondary N) is 1. The highest BCUT2D eigenvalue weighted by Crippen LogP contribution is 2.33. The maximum atomic E-state index is 13.6. The lowest BCUT2D eigenvalue weighted by molar-refractivity contribution is 0.0626. The summed E-state index contributed by atoms with van der Waals surface area (Å²) in [5.74, 6) is 0.276. The molecule has 0 unspecified atom stereocenters. The third-order valence-corrected chi connectivity index (χ3v) is 7.20. The molecule has 1 N–H and O–H groups in total. The highest BCUT2D eigenvalue weighted by molar-refractivity contribution is 7.15. The molecule has 0 spiro atoms. The number of piperazine rings is 1. The first-order chi connectivity index (χ1) is 15.9. The molecular weight excluding hydrogens is 484 g/mol. The Morgan fingerprint density at radius 1 is 1.27 bits per heavy atom. The van der Waals surface area contributed by atoms with Crippen molar-refractivity contribution in [3.8, 4) is 10.4 Å². The second kappa shape index (κ2) is 9.06. The van der Waals surface area contributed by atoms with Crippen molar-refractivity contribution in [3.05, 3.63) is 74.8 Å². The number of carbonyl (C=O) groups is 1. The maximum absolute atomic E-state index is 13.6. The number of rotatable bonds is 4. The lowest BCUT2D eigenvalue weighted by atomic mass is 10.1. The average molecular weight is 504 g/mol. The largest absolute Gasteiger partial charge is 0.459 e. The van der Waals surface area contributed by atoms with Crippen LogP contribution < -0.4 is 5.32 Å². The van der Waals surface area contributed by atoms with Crippen LogP contribution in [-0.4, -0.2) is 41.5 Å². The summed E-state index contributed by atoms with van der Waals surface area (Å²) in [6.45, 7) is 3.74. The third-order valence-electron chi connectivity index (χ3n) is 5.68. The monoisotopic (exact) mass is 503 g/mol. The van der Waals surface area contributed by atoms with Gasteiger partial charge in [-0.15, -0.1) is 11.3 Å². The zero-order valence-corrected chi connectivity index (χ0v) is 20.0. The smallest absolute Gasteiger partial charge is 0.274 e. The molecule has 9 heteroatoms. The van der Waals surface area contributed by atoms with Crippen molar-refractivity contribution < 1.29 is 13.6 Å². The summed E-state index contributed by atoms with van der Waals surface area (Å²) in [6.07, 6.45) is 0.524. The first-order valence-corrected chi connectivity index (χ1v) is 12.1. The van der Waals surface area contributed by atoms with Crippen LogP contribution in [0.15, 0.2) is 46.9 Å². The molecule has 1 atom stereocenters. The minimum Gasteiger partial charge on any atom is -0.459 e. The number of carbonyl (C=O) groups excluding carboxylic acids is 1. The van der Waals surface area contributed by atoms with Gasteiger partial charge in [0.2, 0.25) is 0 Å². The van der Waals surface area contributed by atoms with Crippen molar-refractivity contribution in [2.75, 3.05) is 19.6 Å². The van der Waals surface area contributed by atoms with E-state index in [4.69, 9.17) is 27.6 Å². The van der Waals surface area contributed by atoms with Crippen molar-refractivity contribution in [2.24, 2.45) is 0 Å². The molecule has 1 aliphatic heterocycles. The van der Waals surface area contributed by atoms with Crippen LogP contribution in [0.5, 0.6) is 0 Å². The van der Waals surface area contributed by atoms with Gasteiger partial charge in [-0.3, -0.25) is 4.79 Å². The highest BCUT2D eigenvalue weighted by Gasteiger charge is 2.31. The molecule has 3 heterocycles. The lowest BCUT2D eigenvalue weighted by Gasteiger charge is -2.35. The fraction of sp³-hybridized carbons (Fsp3) is 0.250. The van der Waals surface area contributed by atoms with Crippen molar-refractivity contribution >= 4 is 51.4 Å². The predicted octanol–water partition coefficient (Wildman–Crippen LogP) is 5.97. The Balaban J connectivity index is 1.44. The van der Waals surface area contributed by atoms with Gasteiger partial charge in [0.15, 0.2) is 5.58 Å². The molecule has 5 rings (SSSR count). The van der Waals surface area contributed by atoms with Crippen LogP contribution in [-0.2, 0) is 6.42 Å². The molecule has 1 amide bonds. The zero-order valence-electron chi connectivity index (χ0n) is 17.7. The molecule has 1 saturated heterocycles. The van der Waals surface area contributed by atoms with E-state index in [1.165, 1.54) is 23.5 Å². The Hall–Kier alpha value is -2.45. The summed E-state index contributed by atoms with van der Waals surface area (Å²) >= 11 is 13.8. The van der Waals surface area contributed by atoms with Crippen molar-refractivity contribution in [3.63, 3.8) is 0 Å². The average Bonchev–Trinajstić information content (AvgIpc) is 3.37. The molecule has 0 aliphatic carbocycles. The van der Waals surface area contributed by atoms with E-state index >= 15 is 0 Å². The topological polar surface area (TPSA) is 58.4 Å². The summed E-state index contributed by atoms with van der Waals surface area (Å²) in [6, 6.07) is 11.4. The van der Waals surface area contributed by atoms with E-state index in [-0.39, 0.29) is 17.8 Å². The molecule has 4 aromatic rings. The fourth-order valence-electron chi connectivity index (χ4n) is 4.18. The Bertz CT molecular complexity index is 1340. The second-order valence-corrected chi connectivity index (χ2v) is 10.0. The molecule has 170 valence electrons. The number of hydrogen-bond donors (Lipinski definition) is 1. The zero-order chi connectivity index (χ0) is 23.1. The standard InChI is InChI=1S/C24H20Cl2FN3O2S/c1-13-29-21(23(33-13)14-2-4-17(27)5-3-14)24(31)30-7-6-28-12-18(30)11-19-9-15-8-16(25)10-20(26)22(15)32-19/h2-5,8-10,18,28H,6-7,11-12H2,1H3/t18-/m0/s1. The van der Waals surface area contributed by atoms with E-state index in [0.717, 1.165) is 26.6 Å². The highest BCUT2D eigenvalue weighted by atomic mass is 35.5. The number of thiazole rings is 1. The molecule has 0 radical (unpaired) electrons. The van der Waals surface area contributed by atoms with Crippen LogP contribution in [0.2, 0.25) is 10.0 Å². The molecule has 5 nitrogen and oxygen atoms in total. The molecule has 2 aromatic heterocycles. The lowest BCUT2D eigenvalue weighted by Crippen LogP contribution is -2.54. The van der Waals surface area contributed by atoms with Crippen LogP contribution in [0.25, 0.3) is 21.4 Å². The van der Waals surface area contributed by atoms with Gasteiger partial charge in [-0.25, -0.2) is 9.37 Å². The summed E-state index contributed by atoms with van der Waals surface area (Å²) in [4.78, 5) is 20.8. The van der Waals surface area contributed by atoms with Crippen LogP contribution >= 0.6 is 34.5 Å². The predicted molar refractivity (Wildman–Crippen MR) is 130 cm³/mol. The fourth-order valence-corrected chi connectivity index (χ4v) is 5.64. The normalized spacial score (nSPS) is 16.5. The summed E-state index contributed by atoms with van der Waals surface area (Å²) in [5, 5.41) is 5.98. The molecular formula is C24H20Cl2FN3O2S. The van der Waals surface area contributed by atoms with Crippen LogP contribution in [0.4, 0.5) is 4.39 Å². The van der Waals surface area contributed by atoms with Gasteiger partial charge in [-0.1, -0.05) is 35.3 Å². The third kappa shape index (κ3) is 4.51. The summed E-state index contributed by atoms with van der Waals surface area (Å²) in [7, 11) is 0. The minimum absolute atomic E-state index is 0.121. The van der Waals surface area contributed by atoms with Gasteiger partial charge >= 0.3 is 0 Å². The molecule has 2 aromatic carbocycles. The number of aromatic nitrogens is 1. The molecule has 1 fully saturated rings. The van der Waals surface area contributed by atoms with E-state index in [1.54, 1.807) is 18.2 Å². The first kappa shape index (κ1) is 22.3. The van der Waals surface area contributed by atoms with Crippen LogP contribution in [0, 0.1) is 12.7 Å². The van der Waals surface area contributed by atoms with E-state index in [0.29, 0.717) is 47.4 Å². The summed E-state index contributed by atoms with van der Waals surface area (Å²) < 4.78 is 19.4. The number of aryl methyl sites for hydroxylation is 1. The van der Waals surface area contributed by atoms with Crippen molar-refractivity contribution in [2.45, 2.75) is 19.4 Å². The quantitative estimate of drug-likeness (QED) is 0.372. The Kier molecular flexibility index (Phi) is 6.14. The number of fused-ring (bicyclic) bond motifs is 1. The number of benzene rings is 2. The Morgan fingerprint density at radius 2 is 2.06 bits per heavy atom. The Labute approximate surface area is 204 Å². The molecule has 33 heavy (non-hydrogen) atoms. The van der Waals surface area contributed by atoms with Gasteiger partial charge in [0.1, 0.15) is 17.3 Å². The van der Waals surface area contributed by atoms with Gasteiger partial charge in [-0.2, -0.15) is 0 Å². The van der Waals surface area contributed by atoms with Gasteiger partial charge in [0.25, 0.3) is 5.91 Å².